The lowest BCUT2D eigenvalue weighted by atomic mass is 10.2. The molecule has 0 saturated carbocycles. The molecule has 0 bridgehead atoms. The van der Waals surface area contributed by atoms with Gasteiger partial charge in [-0.05, 0) is 27.7 Å². The topological polar surface area (TPSA) is 35.5 Å². The van der Waals surface area contributed by atoms with Crippen LogP contribution in [0, 0.1) is 0 Å². The molecule has 3 nitrogen and oxygen atoms in total. The van der Waals surface area contributed by atoms with E-state index in [-0.39, 0.29) is 0 Å². The summed E-state index contributed by atoms with van der Waals surface area (Å²) in [6.07, 6.45) is 0.327. The summed E-state index contributed by atoms with van der Waals surface area (Å²) < 4.78 is 22.5. The maximum Gasteiger partial charge on any atom is 0.334 e. The van der Waals surface area contributed by atoms with Crippen molar-refractivity contribution in [2.75, 3.05) is 25.3 Å². The molecule has 0 aliphatic rings. The summed E-state index contributed by atoms with van der Waals surface area (Å²) in [6, 6.07) is 0. The Morgan fingerprint density at radius 1 is 1.13 bits per heavy atom. The average molecular weight is 255 g/mol. The Bertz CT molecular complexity index is 253. The van der Waals surface area contributed by atoms with E-state index in [4.69, 9.17) is 20.6 Å². The number of hydrogen-bond acceptors (Lipinski definition) is 3. The Hall–Kier alpha value is 0.180. The van der Waals surface area contributed by atoms with Crippen LogP contribution in [0.1, 0.15) is 27.7 Å². The van der Waals surface area contributed by atoms with Crippen LogP contribution in [0.3, 0.4) is 0 Å². The molecule has 0 atom stereocenters. The highest BCUT2D eigenvalue weighted by atomic mass is 35.5. The summed E-state index contributed by atoms with van der Waals surface area (Å²) in [5.41, 5.74) is 2.01. The van der Waals surface area contributed by atoms with Gasteiger partial charge >= 0.3 is 7.60 Å². The van der Waals surface area contributed by atoms with Gasteiger partial charge in [0.25, 0.3) is 0 Å². The highest BCUT2D eigenvalue weighted by Gasteiger charge is 2.24. The van der Waals surface area contributed by atoms with Gasteiger partial charge in [0.2, 0.25) is 0 Å². The molecule has 90 valence electrons. The SMILES string of the molecule is CCOP(=O)(C/C(C)=C(\C)CCl)OCC. The average Bonchev–Trinajstić information content (AvgIpc) is 2.16. The molecular formula is C10H20ClO3P. The summed E-state index contributed by atoms with van der Waals surface area (Å²) in [6.45, 7) is 8.22. The van der Waals surface area contributed by atoms with Crippen molar-refractivity contribution in [2.24, 2.45) is 0 Å². The van der Waals surface area contributed by atoms with E-state index in [0.29, 0.717) is 25.3 Å². The van der Waals surface area contributed by atoms with Crippen LogP contribution in [0.15, 0.2) is 11.1 Å². The molecule has 0 fully saturated rings. The van der Waals surface area contributed by atoms with E-state index in [2.05, 4.69) is 0 Å². The molecule has 0 spiro atoms. The molecule has 0 unspecified atom stereocenters. The van der Waals surface area contributed by atoms with Gasteiger partial charge in [-0.2, -0.15) is 0 Å². The van der Waals surface area contributed by atoms with Gasteiger partial charge in [-0.15, -0.1) is 11.6 Å². The van der Waals surface area contributed by atoms with E-state index in [1.54, 1.807) is 13.8 Å². The third-order valence-corrected chi connectivity index (χ3v) is 4.58. The first-order chi connectivity index (χ1) is 6.99. The van der Waals surface area contributed by atoms with Crippen LogP contribution < -0.4 is 0 Å². The van der Waals surface area contributed by atoms with Crippen LogP contribution >= 0.6 is 19.2 Å². The zero-order valence-electron chi connectivity index (χ0n) is 9.88. The van der Waals surface area contributed by atoms with Gasteiger partial charge in [0.05, 0.1) is 19.4 Å². The molecule has 5 heteroatoms. The Balaban J connectivity index is 4.61. The van der Waals surface area contributed by atoms with Crippen molar-refractivity contribution in [2.45, 2.75) is 27.7 Å². The van der Waals surface area contributed by atoms with E-state index < -0.39 is 7.60 Å². The largest absolute Gasteiger partial charge is 0.334 e. The number of allylic oxidation sites excluding steroid dienone is 2. The molecule has 0 amide bonds. The van der Waals surface area contributed by atoms with E-state index in [1.165, 1.54) is 0 Å². The van der Waals surface area contributed by atoms with Gasteiger partial charge < -0.3 is 9.05 Å². The van der Waals surface area contributed by atoms with Crippen molar-refractivity contribution in [3.8, 4) is 0 Å². The quantitative estimate of drug-likeness (QED) is 0.394. The second-order valence-electron chi connectivity index (χ2n) is 3.30. The standard InChI is InChI=1S/C10H20ClO3P/c1-5-13-15(12,14-6-2)8-10(4)9(3)7-11/h5-8H2,1-4H3/b10-9+. The Morgan fingerprint density at radius 2 is 1.60 bits per heavy atom. The van der Waals surface area contributed by atoms with Crippen LogP contribution in [0.5, 0.6) is 0 Å². The van der Waals surface area contributed by atoms with Crippen molar-refractivity contribution in [3.05, 3.63) is 11.1 Å². The molecule has 0 rings (SSSR count). The highest BCUT2D eigenvalue weighted by molar-refractivity contribution is 7.54. The second-order valence-corrected chi connectivity index (χ2v) is 5.62. The predicted molar refractivity (Wildman–Crippen MR) is 64.8 cm³/mol. The first-order valence-electron chi connectivity index (χ1n) is 5.08. The summed E-state index contributed by atoms with van der Waals surface area (Å²) in [5.74, 6) is 0.448. The lowest BCUT2D eigenvalue weighted by molar-refractivity contribution is 0.222. The fourth-order valence-corrected chi connectivity index (χ4v) is 3.18. The van der Waals surface area contributed by atoms with Gasteiger partial charge in [-0.3, -0.25) is 4.57 Å². The molecule has 0 aromatic carbocycles. The molecule has 0 saturated heterocycles. The maximum absolute atomic E-state index is 12.1. The third-order valence-electron chi connectivity index (χ3n) is 2.01. The van der Waals surface area contributed by atoms with Crippen molar-refractivity contribution in [3.63, 3.8) is 0 Å². The number of alkyl halides is 1. The first kappa shape index (κ1) is 15.2. The minimum Gasteiger partial charge on any atom is -0.309 e. The van der Waals surface area contributed by atoms with Crippen LogP contribution in [0.4, 0.5) is 0 Å². The lowest BCUT2D eigenvalue weighted by Gasteiger charge is -2.18. The smallest absolute Gasteiger partial charge is 0.309 e. The number of halogens is 1. The fraction of sp³-hybridized carbons (Fsp3) is 0.800. The van der Waals surface area contributed by atoms with Crippen LogP contribution in [-0.2, 0) is 13.6 Å². The monoisotopic (exact) mass is 254 g/mol. The van der Waals surface area contributed by atoms with Gasteiger partial charge in [-0.1, -0.05) is 11.1 Å². The normalized spacial score (nSPS) is 13.9. The van der Waals surface area contributed by atoms with Gasteiger partial charge in [0.15, 0.2) is 0 Å². The first-order valence-corrected chi connectivity index (χ1v) is 7.34. The molecule has 0 heterocycles. The molecule has 0 aromatic heterocycles. The summed E-state index contributed by atoms with van der Waals surface area (Å²) in [5, 5.41) is 0. The molecule has 0 aromatic rings. The number of hydrogen-bond donors (Lipinski definition) is 0. The Labute approximate surface area is 97.3 Å². The van der Waals surface area contributed by atoms with E-state index >= 15 is 0 Å². The van der Waals surface area contributed by atoms with E-state index in [0.717, 1.165) is 11.1 Å². The van der Waals surface area contributed by atoms with Crippen molar-refractivity contribution in [1.29, 1.82) is 0 Å². The van der Waals surface area contributed by atoms with E-state index in [9.17, 15) is 4.57 Å². The summed E-state index contributed by atoms with van der Waals surface area (Å²) in [7, 11) is -2.96. The predicted octanol–water partition coefficient (Wildman–Crippen LogP) is 3.83. The minimum atomic E-state index is -2.96. The third kappa shape index (κ3) is 5.72. The van der Waals surface area contributed by atoms with Crippen LogP contribution in [0.25, 0.3) is 0 Å². The maximum atomic E-state index is 12.1. The summed E-state index contributed by atoms with van der Waals surface area (Å²) in [4.78, 5) is 0. The lowest BCUT2D eigenvalue weighted by Crippen LogP contribution is -2.02. The molecule has 0 aliphatic carbocycles. The Kier molecular flexibility index (Phi) is 7.54. The van der Waals surface area contributed by atoms with Crippen molar-refractivity contribution >= 4 is 19.2 Å². The van der Waals surface area contributed by atoms with Gasteiger partial charge in [0, 0.05) is 5.88 Å². The van der Waals surface area contributed by atoms with Crippen molar-refractivity contribution in [1.82, 2.24) is 0 Å². The molecular weight excluding hydrogens is 235 g/mol. The van der Waals surface area contributed by atoms with Gasteiger partial charge in [-0.25, -0.2) is 0 Å². The highest BCUT2D eigenvalue weighted by Crippen LogP contribution is 2.49. The molecule has 0 N–H and O–H groups in total. The van der Waals surface area contributed by atoms with Crippen LogP contribution in [-0.4, -0.2) is 25.3 Å². The second kappa shape index (κ2) is 7.45. The molecule has 0 aliphatic heterocycles. The van der Waals surface area contributed by atoms with Crippen LogP contribution in [0.2, 0.25) is 0 Å². The fourth-order valence-electron chi connectivity index (χ4n) is 1.06. The minimum absolute atomic E-state index is 0.327. The molecule has 0 radical (unpaired) electrons. The van der Waals surface area contributed by atoms with Crippen molar-refractivity contribution < 1.29 is 13.6 Å². The number of rotatable bonds is 7. The van der Waals surface area contributed by atoms with E-state index in [1.807, 2.05) is 13.8 Å². The zero-order chi connectivity index (χ0) is 11.9. The molecule has 15 heavy (non-hydrogen) atoms. The zero-order valence-corrected chi connectivity index (χ0v) is 11.5. The summed E-state index contributed by atoms with van der Waals surface area (Å²) >= 11 is 5.70. The Morgan fingerprint density at radius 3 is 1.93 bits per heavy atom. The van der Waals surface area contributed by atoms with Gasteiger partial charge in [0.1, 0.15) is 0 Å².